The molecule has 4 atom stereocenters. The third kappa shape index (κ3) is 4.54. The maximum absolute atomic E-state index is 9.17. The third-order valence-electron chi connectivity index (χ3n) is 1.78. The van der Waals surface area contributed by atoms with Crippen LogP contribution in [-0.4, -0.2) is 51.6 Å². The Morgan fingerprint density at radius 1 is 1.23 bits per heavy atom. The van der Waals surface area contributed by atoms with Crippen molar-refractivity contribution in [3.63, 3.8) is 0 Å². The molecule has 80 valence electrons. The predicted molar refractivity (Wildman–Crippen MR) is 45.9 cm³/mol. The Hall–Kier alpha value is -0.200. The minimum atomic E-state index is -1.36. The molecule has 0 rings (SSSR count). The number of rotatable bonds is 6. The summed E-state index contributed by atoms with van der Waals surface area (Å²) >= 11 is 0. The number of aliphatic hydroxyl groups is 4. The minimum absolute atomic E-state index is 0.346. The van der Waals surface area contributed by atoms with Gasteiger partial charge in [0.25, 0.3) is 0 Å². The zero-order chi connectivity index (χ0) is 10.4. The first kappa shape index (κ1) is 12.8. The van der Waals surface area contributed by atoms with Crippen LogP contribution in [0.5, 0.6) is 0 Å². The van der Waals surface area contributed by atoms with Gasteiger partial charge in [-0.15, -0.1) is 0 Å². The summed E-state index contributed by atoms with van der Waals surface area (Å²) in [5.41, 5.74) is 0. The van der Waals surface area contributed by atoms with Crippen LogP contribution in [0.2, 0.25) is 0 Å². The molecule has 0 amide bonds. The zero-order valence-corrected chi connectivity index (χ0v) is 7.92. The molecule has 13 heavy (non-hydrogen) atoms. The molecule has 0 aliphatic heterocycles. The summed E-state index contributed by atoms with van der Waals surface area (Å²) in [6.07, 6.45) is -3.76. The lowest BCUT2D eigenvalue weighted by molar-refractivity contribution is -0.212. The molecule has 0 bridgehead atoms. The predicted octanol–water partition coefficient (Wildman–Crippen LogP) is -1.17. The molecule has 0 spiro atoms. The molecule has 0 aromatic rings. The standard InChI is InChI=1S/C8H18O5/c1-3-6(11)8(12)13-7(4-9)5(2)10/h5-12H,3-4H2,1-2H3/t5-,6+,7?,8?/m1/s1. The average Bonchev–Trinajstić information content (AvgIpc) is 2.11. The molecule has 2 unspecified atom stereocenters. The van der Waals surface area contributed by atoms with Crippen LogP contribution in [0.15, 0.2) is 0 Å². The van der Waals surface area contributed by atoms with Gasteiger partial charge in [0.1, 0.15) is 12.2 Å². The fourth-order valence-corrected chi connectivity index (χ4v) is 0.781. The van der Waals surface area contributed by atoms with Crippen LogP contribution in [0.3, 0.4) is 0 Å². The van der Waals surface area contributed by atoms with Crippen LogP contribution < -0.4 is 0 Å². The first-order valence-corrected chi connectivity index (χ1v) is 4.33. The third-order valence-corrected chi connectivity index (χ3v) is 1.78. The van der Waals surface area contributed by atoms with E-state index in [-0.39, 0.29) is 0 Å². The molecule has 0 saturated carbocycles. The smallest absolute Gasteiger partial charge is 0.181 e. The Labute approximate surface area is 77.6 Å². The molecular formula is C8H18O5. The summed E-state index contributed by atoms with van der Waals surface area (Å²) in [5.74, 6) is 0. The molecule has 0 aromatic heterocycles. The molecule has 5 nitrogen and oxygen atoms in total. The lowest BCUT2D eigenvalue weighted by Crippen LogP contribution is -2.39. The molecule has 0 aromatic carbocycles. The van der Waals surface area contributed by atoms with E-state index in [9.17, 15) is 5.11 Å². The van der Waals surface area contributed by atoms with Crippen molar-refractivity contribution in [3.05, 3.63) is 0 Å². The Kier molecular flexibility index (Phi) is 6.19. The highest BCUT2D eigenvalue weighted by Gasteiger charge is 2.22. The van der Waals surface area contributed by atoms with Crippen molar-refractivity contribution in [3.8, 4) is 0 Å². The summed E-state index contributed by atoms with van der Waals surface area (Å²) in [6, 6.07) is 0. The molecule has 0 saturated heterocycles. The second-order valence-corrected chi connectivity index (χ2v) is 2.96. The molecule has 0 fully saturated rings. The van der Waals surface area contributed by atoms with Crippen LogP contribution in [-0.2, 0) is 4.74 Å². The van der Waals surface area contributed by atoms with Crippen LogP contribution >= 0.6 is 0 Å². The van der Waals surface area contributed by atoms with E-state index in [2.05, 4.69) is 0 Å². The van der Waals surface area contributed by atoms with E-state index in [4.69, 9.17) is 20.1 Å². The summed E-state index contributed by atoms with van der Waals surface area (Å²) in [4.78, 5) is 0. The van der Waals surface area contributed by atoms with Gasteiger partial charge in [0, 0.05) is 0 Å². The summed E-state index contributed by atoms with van der Waals surface area (Å²) in [7, 11) is 0. The van der Waals surface area contributed by atoms with Gasteiger partial charge in [0.15, 0.2) is 6.29 Å². The van der Waals surface area contributed by atoms with Gasteiger partial charge in [0.05, 0.1) is 12.7 Å². The van der Waals surface area contributed by atoms with Gasteiger partial charge in [-0.1, -0.05) is 6.92 Å². The fraction of sp³-hybridized carbons (Fsp3) is 1.00. The molecular weight excluding hydrogens is 176 g/mol. The van der Waals surface area contributed by atoms with Crippen molar-refractivity contribution in [2.24, 2.45) is 0 Å². The van der Waals surface area contributed by atoms with Gasteiger partial charge >= 0.3 is 0 Å². The van der Waals surface area contributed by atoms with Gasteiger partial charge in [-0.05, 0) is 13.3 Å². The second kappa shape index (κ2) is 6.28. The van der Waals surface area contributed by atoms with Gasteiger partial charge in [0.2, 0.25) is 0 Å². The molecule has 4 N–H and O–H groups in total. The van der Waals surface area contributed by atoms with Gasteiger partial charge < -0.3 is 25.2 Å². The molecule has 0 aliphatic carbocycles. The van der Waals surface area contributed by atoms with Crippen molar-refractivity contribution in [1.82, 2.24) is 0 Å². The van der Waals surface area contributed by atoms with Gasteiger partial charge in [-0.25, -0.2) is 0 Å². The maximum Gasteiger partial charge on any atom is 0.181 e. The summed E-state index contributed by atoms with van der Waals surface area (Å²) < 4.78 is 4.82. The quantitative estimate of drug-likeness (QED) is 0.400. The van der Waals surface area contributed by atoms with Crippen molar-refractivity contribution < 1.29 is 25.2 Å². The highest BCUT2D eigenvalue weighted by atomic mass is 16.6. The maximum atomic E-state index is 9.17. The molecule has 0 aliphatic rings. The highest BCUT2D eigenvalue weighted by molar-refractivity contribution is 4.65. The Balaban J connectivity index is 3.93. The van der Waals surface area contributed by atoms with Crippen molar-refractivity contribution in [2.75, 3.05) is 6.61 Å². The monoisotopic (exact) mass is 194 g/mol. The number of ether oxygens (including phenoxy) is 1. The Morgan fingerprint density at radius 2 is 1.77 bits per heavy atom. The molecule has 5 heteroatoms. The number of aliphatic hydroxyl groups excluding tert-OH is 4. The summed E-state index contributed by atoms with van der Waals surface area (Å²) in [5, 5.41) is 36.0. The number of hydrogen-bond donors (Lipinski definition) is 4. The van der Waals surface area contributed by atoms with Crippen molar-refractivity contribution in [1.29, 1.82) is 0 Å². The lowest BCUT2D eigenvalue weighted by Gasteiger charge is -2.24. The number of hydrogen-bond acceptors (Lipinski definition) is 5. The van der Waals surface area contributed by atoms with E-state index in [0.29, 0.717) is 6.42 Å². The average molecular weight is 194 g/mol. The lowest BCUT2D eigenvalue weighted by atomic mass is 10.2. The molecule has 0 heterocycles. The highest BCUT2D eigenvalue weighted by Crippen LogP contribution is 2.06. The van der Waals surface area contributed by atoms with Crippen LogP contribution in [0.25, 0.3) is 0 Å². The van der Waals surface area contributed by atoms with Crippen molar-refractivity contribution >= 4 is 0 Å². The first-order valence-electron chi connectivity index (χ1n) is 4.33. The van der Waals surface area contributed by atoms with Gasteiger partial charge in [-0.2, -0.15) is 0 Å². The topological polar surface area (TPSA) is 90.2 Å². The van der Waals surface area contributed by atoms with Crippen LogP contribution in [0, 0.1) is 0 Å². The van der Waals surface area contributed by atoms with E-state index < -0.39 is 31.2 Å². The van der Waals surface area contributed by atoms with Gasteiger partial charge in [-0.3, -0.25) is 0 Å². The largest absolute Gasteiger partial charge is 0.394 e. The van der Waals surface area contributed by atoms with Crippen LogP contribution in [0.4, 0.5) is 0 Å². The Bertz CT molecular complexity index is 128. The Morgan fingerprint density at radius 3 is 2.08 bits per heavy atom. The van der Waals surface area contributed by atoms with E-state index in [1.807, 2.05) is 0 Å². The second-order valence-electron chi connectivity index (χ2n) is 2.96. The van der Waals surface area contributed by atoms with Crippen LogP contribution in [0.1, 0.15) is 20.3 Å². The van der Waals surface area contributed by atoms with Crippen molar-refractivity contribution in [2.45, 2.75) is 44.9 Å². The normalized spacial score (nSPS) is 20.8. The van der Waals surface area contributed by atoms with E-state index >= 15 is 0 Å². The zero-order valence-electron chi connectivity index (χ0n) is 7.92. The minimum Gasteiger partial charge on any atom is -0.394 e. The first-order chi connectivity index (χ1) is 6.02. The van der Waals surface area contributed by atoms with E-state index in [1.165, 1.54) is 6.92 Å². The fourth-order valence-electron chi connectivity index (χ4n) is 0.781. The van der Waals surface area contributed by atoms with E-state index in [0.717, 1.165) is 0 Å². The SMILES string of the molecule is CC[C@H](O)C(O)OC(CO)[C@@H](C)O. The van der Waals surface area contributed by atoms with E-state index in [1.54, 1.807) is 6.92 Å². The summed E-state index contributed by atoms with van der Waals surface area (Å²) in [6.45, 7) is 2.73. The molecule has 0 radical (unpaired) electrons.